The van der Waals surface area contributed by atoms with Crippen LogP contribution >= 0.6 is 15.9 Å². The van der Waals surface area contributed by atoms with Crippen molar-refractivity contribution in [3.05, 3.63) is 22.7 Å². The lowest BCUT2D eigenvalue weighted by Gasteiger charge is -2.35. The molecule has 1 aromatic heterocycles. The molecule has 1 aromatic rings. The average molecular weight is 231 g/mol. The smallest absolute Gasteiger partial charge is 0.154 e. The molecule has 1 saturated heterocycles. The zero-order valence-corrected chi connectivity index (χ0v) is 7.78. The summed E-state index contributed by atoms with van der Waals surface area (Å²) >= 11 is 3.17. The highest BCUT2D eigenvalue weighted by atomic mass is 79.9. The van der Waals surface area contributed by atoms with Gasteiger partial charge in [0.25, 0.3) is 0 Å². The zero-order chi connectivity index (χ0) is 8.60. The minimum Gasteiger partial charge on any atom is -0.379 e. The molecule has 0 aromatic carbocycles. The van der Waals surface area contributed by atoms with Crippen LogP contribution in [0.15, 0.2) is 17.0 Å². The molecule has 1 N–H and O–H groups in total. The number of hydrogen-bond donors (Lipinski definition) is 1. The van der Waals surface area contributed by atoms with Crippen LogP contribution in [0.4, 0.5) is 0 Å². The molecular weight excluding hydrogens is 224 g/mol. The highest BCUT2D eigenvalue weighted by Gasteiger charge is 2.39. The number of rotatable bonds is 1. The third kappa shape index (κ3) is 1.24. The fourth-order valence-electron chi connectivity index (χ4n) is 0.996. The largest absolute Gasteiger partial charge is 0.379 e. The summed E-state index contributed by atoms with van der Waals surface area (Å²) in [4.78, 5) is 8.00. The predicted octanol–water partition coefficient (Wildman–Crippen LogP) is 0.457. The third-order valence-electron chi connectivity index (χ3n) is 1.78. The summed E-state index contributed by atoms with van der Waals surface area (Å²) in [5, 5.41) is 9.73. The Morgan fingerprint density at radius 1 is 1.42 bits per heavy atom. The molecule has 2 rings (SSSR count). The molecular formula is C7H7BrN2O2. The summed E-state index contributed by atoms with van der Waals surface area (Å²) in [7, 11) is 0. The highest BCUT2D eigenvalue weighted by molar-refractivity contribution is 9.10. The topological polar surface area (TPSA) is 55.2 Å². The van der Waals surface area contributed by atoms with E-state index in [1.807, 2.05) is 0 Å². The van der Waals surface area contributed by atoms with Crippen LogP contribution in [0.2, 0.25) is 0 Å². The van der Waals surface area contributed by atoms with Gasteiger partial charge in [0.2, 0.25) is 0 Å². The Morgan fingerprint density at radius 3 is 2.58 bits per heavy atom. The lowest BCUT2D eigenvalue weighted by atomic mass is 9.99. The van der Waals surface area contributed by atoms with Gasteiger partial charge in [-0.3, -0.25) is 4.98 Å². The number of ether oxygens (including phenoxy) is 1. The molecule has 0 unspecified atom stereocenters. The van der Waals surface area contributed by atoms with Crippen LogP contribution in [-0.4, -0.2) is 28.3 Å². The van der Waals surface area contributed by atoms with Crippen LogP contribution in [-0.2, 0) is 10.3 Å². The molecule has 64 valence electrons. The van der Waals surface area contributed by atoms with Crippen molar-refractivity contribution in [2.45, 2.75) is 5.60 Å². The first-order valence-corrected chi connectivity index (χ1v) is 4.28. The van der Waals surface area contributed by atoms with Crippen LogP contribution in [0.1, 0.15) is 5.69 Å². The summed E-state index contributed by atoms with van der Waals surface area (Å²) in [5.74, 6) is 0. The van der Waals surface area contributed by atoms with Crippen LogP contribution < -0.4 is 0 Å². The van der Waals surface area contributed by atoms with Crippen molar-refractivity contribution in [2.24, 2.45) is 0 Å². The van der Waals surface area contributed by atoms with E-state index in [1.54, 1.807) is 12.4 Å². The molecule has 0 aliphatic carbocycles. The lowest BCUT2D eigenvalue weighted by Crippen LogP contribution is -2.47. The summed E-state index contributed by atoms with van der Waals surface area (Å²) in [5.41, 5.74) is -0.342. The van der Waals surface area contributed by atoms with Gasteiger partial charge in [0.05, 0.1) is 31.3 Å². The number of nitrogens with zero attached hydrogens (tertiary/aromatic N) is 2. The van der Waals surface area contributed by atoms with Gasteiger partial charge in [-0.05, 0) is 15.9 Å². The van der Waals surface area contributed by atoms with E-state index < -0.39 is 5.60 Å². The highest BCUT2D eigenvalue weighted by Crippen LogP contribution is 2.27. The van der Waals surface area contributed by atoms with Gasteiger partial charge in [-0.25, -0.2) is 4.98 Å². The van der Waals surface area contributed by atoms with E-state index in [4.69, 9.17) is 4.74 Å². The number of halogens is 1. The quantitative estimate of drug-likeness (QED) is 0.762. The van der Waals surface area contributed by atoms with Gasteiger partial charge in [-0.2, -0.15) is 0 Å². The van der Waals surface area contributed by atoms with Crippen molar-refractivity contribution in [2.75, 3.05) is 13.2 Å². The van der Waals surface area contributed by atoms with E-state index >= 15 is 0 Å². The van der Waals surface area contributed by atoms with Gasteiger partial charge in [0.15, 0.2) is 5.60 Å². The van der Waals surface area contributed by atoms with Crippen LogP contribution in [0, 0.1) is 0 Å². The van der Waals surface area contributed by atoms with Crippen molar-refractivity contribution < 1.29 is 9.84 Å². The second kappa shape index (κ2) is 2.76. The monoisotopic (exact) mass is 230 g/mol. The van der Waals surface area contributed by atoms with Crippen molar-refractivity contribution >= 4 is 15.9 Å². The Balaban J connectivity index is 2.28. The summed E-state index contributed by atoms with van der Waals surface area (Å²) in [6.07, 6.45) is 3.11. The molecule has 12 heavy (non-hydrogen) atoms. The average Bonchev–Trinajstić information content (AvgIpc) is 2.02. The first-order chi connectivity index (χ1) is 5.71. The first kappa shape index (κ1) is 8.10. The molecule has 1 aliphatic heterocycles. The summed E-state index contributed by atoms with van der Waals surface area (Å²) < 4.78 is 5.56. The van der Waals surface area contributed by atoms with Gasteiger partial charge >= 0.3 is 0 Å². The number of aromatic nitrogens is 2. The molecule has 0 amide bonds. The Kier molecular flexibility index (Phi) is 1.86. The van der Waals surface area contributed by atoms with Crippen LogP contribution in [0.25, 0.3) is 0 Å². The van der Waals surface area contributed by atoms with Gasteiger partial charge in [0, 0.05) is 0 Å². The third-order valence-corrected chi connectivity index (χ3v) is 2.19. The maximum atomic E-state index is 9.73. The van der Waals surface area contributed by atoms with Crippen LogP contribution in [0.5, 0.6) is 0 Å². The van der Waals surface area contributed by atoms with Gasteiger partial charge in [-0.15, -0.1) is 0 Å². The van der Waals surface area contributed by atoms with E-state index in [9.17, 15) is 5.11 Å². The Morgan fingerprint density at radius 2 is 2.17 bits per heavy atom. The minimum atomic E-state index is -0.909. The Bertz CT molecular complexity index is 284. The maximum Gasteiger partial charge on any atom is 0.154 e. The van der Waals surface area contributed by atoms with Gasteiger partial charge < -0.3 is 9.84 Å². The second-order valence-electron chi connectivity index (χ2n) is 2.75. The fraction of sp³-hybridized carbons (Fsp3) is 0.429. The predicted molar refractivity (Wildman–Crippen MR) is 44.4 cm³/mol. The van der Waals surface area contributed by atoms with Gasteiger partial charge in [-0.1, -0.05) is 0 Å². The maximum absolute atomic E-state index is 9.73. The van der Waals surface area contributed by atoms with Crippen molar-refractivity contribution in [1.29, 1.82) is 0 Å². The standard InChI is InChI=1S/C7H7BrN2O2/c8-6-2-9-5(1-10-6)7(11)3-12-4-7/h1-2,11H,3-4H2. The lowest BCUT2D eigenvalue weighted by molar-refractivity contribution is -0.187. The fourth-order valence-corrected chi connectivity index (χ4v) is 1.20. The molecule has 0 bridgehead atoms. The minimum absolute atomic E-state index is 0.309. The summed E-state index contributed by atoms with van der Waals surface area (Å²) in [6.45, 7) is 0.618. The summed E-state index contributed by atoms with van der Waals surface area (Å²) in [6, 6.07) is 0. The molecule has 1 aliphatic rings. The van der Waals surface area contributed by atoms with E-state index in [1.165, 1.54) is 0 Å². The Labute approximate surface area is 77.7 Å². The number of aliphatic hydroxyl groups is 1. The van der Waals surface area contributed by atoms with E-state index in [2.05, 4.69) is 25.9 Å². The zero-order valence-electron chi connectivity index (χ0n) is 6.20. The molecule has 4 nitrogen and oxygen atoms in total. The SMILES string of the molecule is OC1(c2cnc(Br)cn2)COC1. The second-order valence-corrected chi connectivity index (χ2v) is 3.56. The molecule has 0 saturated carbocycles. The Hall–Kier alpha value is -0.520. The van der Waals surface area contributed by atoms with Crippen LogP contribution in [0.3, 0.4) is 0 Å². The van der Waals surface area contributed by atoms with Gasteiger partial charge in [0.1, 0.15) is 4.60 Å². The first-order valence-electron chi connectivity index (χ1n) is 3.49. The van der Waals surface area contributed by atoms with Crippen molar-refractivity contribution in [3.8, 4) is 0 Å². The normalized spacial score (nSPS) is 20.2. The molecule has 0 radical (unpaired) electrons. The molecule has 5 heteroatoms. The van der Waals surface area contributed by atoms with E-state index in [0.29, 0.717) is 23.5 Å². The van der Waals surface area contributed by atoms with Crippen molar-refractivity contribution in [1.82, 2.24) is 9.97 Å². The number of hydrogen-bond acceptors (Lipinski definition) is 4. The molecule has 0 spiro atoms. The molecule has 0 atom stereocenters. The van der Waals surface area contributed by atoms with E-state index in [-0.39, 0.29) is 0 Å². The molecule has 1 fully saturated rings. The van der Waals surface area contributed by atoms with Crippen molar-refractivity contribution in [3.63, 3.8) is 0 Å². The molecule has 2 heterocycles. The van der Waals surface area contributed by atoms with E-state index in [0.717, 1.165) is 0 Å².